The Morgan fingerprint density at radius 3 is 2.50 bits per heavy atom. The van der Waals surface area contributed by atoms with E-state index in [-0.39, 0.29) is 5.41 Å². The second-order valence-electron chi connectivity index (χ2n) is 12.9. The summed E-state index contributed by atoms with van der Waals surface area (Å²) in [5, 5.41) is 1.22. The highest BCUT2D eigenvalue weighted by molar-refractivity contribution is 5.90. The maximum atomic E-state index is 12.7. The van der Waals surface area contributed by atoms with Crippen LogP contribution in [0.4, 0.5) is 11.4 Å². The van der Waals surface area contributed by atoms with Crippen molar-refractivity contribution < 1.29 is 4.79 Å². The Balaban J connectivity index is 1.50. The fourth-order valence-corrected chi connectivity index (χ4v) is 6.62. The summed E-state index contributed by atoms with van der Waals surface area (Å²) in [5.74, 6) is 0.774. The van der Waals surface area contributed by atoms with Gasteiger partial charge in [-0.1, -0.05) is 83.7 Å². The molecule has 0 saturated carbocycles. The van der Waals surface area contributed by atoms with Crippen LogP contribution in [-0.2, 0) is 11.8 Å². The molecule has 4 aromatic rings. The van der Waals surface area contributed by atoms with Gasteiger partial charge in [0.1, 0.15) is 0 Å². The number of fused-ring (bicyclic) bond motifs is 1. The fourth-order valence-electron chi connectivity index (χ4n) is 6.62. The van der Waals surface area contributed by atoms with Gasteiger partial charge in [0, 0.05) is 48.7 Å². The molecular formula is C36H43N3O. The molecule has 208 valence electrons. The van der Waals surface area contributed by atoms with Crippen LogP contribution in [0.3, 0.4) is 0 Å². The SMILES string of the molecule is C=C(CC(C)(C)C)N1CCC(c2ccccc2N(C=O)c2cccc(-c3ccc4ccn(C)c4c3)c2)C1C(C)C. The molecule has 1 fully saturated rings. The van der Waals surface area contributed by atoms with Crippen molar-refractivity contribution in [2.75, 3.05) is 11.4 Å². The van der Waals surface area contributed by atoms with E-state index in [0.717, 1.165) is 48.3 Å². The lowest BCUT2D eigenvalue weighted by atomic mass is 9.83. The van der Waals surface area contributed by atoms with Crippen molar-refractivity contribution in [2.45, 2.75) is 59.4 Å². The number of benzene rings is 3. The Kier molecular flexibility index (Phi) is 7.63. The molecule has 1 aromatic heterocycles. The maximum absolute atomic E-state index is 12.7. The zero-order valence-electron chi connectivity index (χ0n) is 24.9. The topological polar surface area (TPSA) is 28.5 Å². The lowest BCUT2D eigenvalue weighted by Gasteiger charge is -2.37. The third kappa shape index (κ3) is 5.45. The van der Waals surface area contributed by atoms with Gasteiger partial charge in [-0.25, -0.2) is 0 Å². The Morgan fingerprint density at radius 2 is 1.77 bits per heavy atom. The van der Waals surface area contributed by atoms with Crippen molar-refractivity contribution in [2.24, 2.45) is 18.4 Å². The van der Waals surface area contributed by atoms with Gasteiger partial charge in [-0.3, -0.25) is 9.69 Å². The quantitative estimate of drug-likeness (QED) is 0.212. The summed E-state index contributed by atoms with van der Waals surface area (Å²) >= 11 is 0. The molecule has 0 bridgehead atoms. The molecule has 0 aliphatic carbocycles. The van der Waals surface area contributed by atoms with E-state index in [4.69, 9.17) is 0 Å². The first-order valence-corrected chi connectivity index (χ1v) is 14.5. The molecule has 0 radical (unpaired) electrons. The van der Waals surface area contributed by atoms with Gasteiger partial charge in [0.15, 0.2) is 0 Å². The van der Waals surface area contributed by atoms with Gasteiger partial charge in [0.05, 0.1) is 5.69 Å². The largest absolute Gasteiger partial charge is 0.371 e. The van der Waals surface area contributed by atoms with E-state index >= 15 is 0 Å². The first kappa shape index (κ1) is 27.8. The number of nitrogens with zero attached hydrogens (tertiary/aromatic N) is 3. The lowest BCUT2D eigenvalue weighted by Crippen LogP contribution is -2.36. The number of hydrogen-bond donors (Lipinski definition) is 0. The summed E-state index contributed by atoms with van der Waals surface area (Å²) in [7, 11) is 2.07. The number of likely N-dealkylation sites (tertiary alicyclic amines) is 1. The van der Waals surface area contributed by atoms with Gasteiger partial charge in [-0.05, 0) is 76.6 Å². The number of allylic oxidation sites excluding steroid dienone is 1. The minimum absolute atomic E-state index is 0.193. The second-order valence-corrected chi connectivity index (χ2v) is 12.9. The van der Waals surface area contributed by atoms with Gasteiger partial charge < -0.3 is 9.47 Å². The van der Waals surface area contributed by atoms with E-state index in [1.165, 1.54) is 22.2 Å². The number of anilines is 2. The normalized spacial score (nSPS) is 17.5. The predicted octanol–water partition coefficient (Wildman–Crippen LogP) is 8.90. The van der Waals surface area contributed by atoms with E-state index < -0.39 is 0 Å². The fraction of sp³-hybridized carbons (Fsp3) is 0.361. The van der Waals surface area contributed by atoms with Crippen LogP contribution in [0.2, 0.25) is 0 Å². The first-order valence-electron chi connectivity index (χ1n) is 14.5. The Bertz CT molecular complexity index is 1520. The van der Waals surface area contributed by atoms with Gasteiger partial charge in [0.2, 0.25) is 6.41 Å². The summed E-state index contributed by atoms with van der Waals surface area (Å²) in [5.41, 5.74) is 7.91. The van der Waals surface area contributed by atoms with Crippen LogP contribution < -0.4 is 4.90 Å². The van der Waals surface area contributed by atoms with E-state index in [2.05, 4.69) is 119 Å². The van der Waals surface area contributed by atoms with Crippen LogP contribution >= 0.6 is 0 Å². The smallest absolute Gasteiger partial charge is 0.218 e. The number of hydrogen-bond acceptors (Lipinski definition) is 2. The number of para-hydroxylation sites is 1. The summed E-state index contributed by atoms with van der Waals surface area (Å²) in [6, 6.07) is 25.8. The standard InChI is InChI=1S/C36H43N3O/c1-25(2)35-32(18-20-38(35)26(3)23-36(4,5)6)31-13-8-9-14-33(31)39(24-40)30-12-10-11-28(21-30)29-16-15-27-17-19-37(7)34(27)22-29/h8-17,19,21-22,24-25,32,35H,3,18,20,23H2,1-2,4-7H3. The number of amides is 1. The molecule has 3 aromatic carbocycles. The van der Waals surface area contributed by atoms with E-state index in [1.807, 2.05) is 23.1 Å². The predicted molar refractivity (Wildman–Crippen MR) is 169 cm³/mol. The number of aromatic nitrogens is 1. The Hall–Kier alpha value is -3.79. The Morgan fingerprint density at radius 1 is 1.02 bits per heavy atom. The van der Waals surface area contributed by atoms with Crippen LogP contribution in [0.15, 0.2) is 91.3 Å². The van der Waals surface area contributed by atoms with Crippen LogP contribution in [0, 0.1) is 11.3 Å². The van der Waals surface area contributed by atoms with Crippen LogP contribution in [0.1, 0.15) is 58.9 Å². The molecule has 4 nitrogen and oxygen atoms in total. The number of aryl methyl sites for hydroxylation is 1. The molecule has 1 aliphatic heterocycles. The number of carbonyl (C=O) groups is 1. The maximum Gasteiger partial charge on any atom is 0.218 e. The molecule has 0 N–H and O–H groups in total. The summed E-state index contributed by atoms with van der Waals surface area (Å²) in [6.45, 7) is 17.0. The van der Waals surface area contributed by atoms with Crippen molar-refractivity contribution in [3.8, 4) is 11.1 Å². The highest BCUT2D eigenvalue weighted by atomic mass is 16.1. The molecule has 2 heterocycles. The molecule has 1 aliphatic rings. The second kappa shape index (κ2) is 11.0. The summed E-state index contributed by atoms with van der Waals surface area (Å²) in [6.07, 6.45) is 5.08. The van der Waals surface area contributed by atoms with Gasteiger partial charge >= 0.3 is 0 Å². The average Bonchev–Trinajstić information content (AvgIpc) is 3.53. The number of rotatable bonds is 8. The monoisotopic (exact) mass is 533 g/mol. The molecule has 40 heavy (non-hydrogen) atoms. The van der Waals surface area contributed by atoms with Crippen LogP contribution in [-0.4, -0.2) is 28.5 Å². The molecule has 1 saturated heterocycles. The molecular weight excluding hydrogens is 490 g/mol. The molecule has 5 rings (SSSR count). The zero-order valence-corrected chi connectivity index (χ0v) is 24.9. The molecule has 1 amide bonds. The third-order valence-corrected chi connectivity index (χ3v) is 8.32. The van der Waals surface area contributed by atoms with E-state index in [0.29, 0.717) is 17.9 Å². The zero-order chi connectivity index (χ0) is 28.6. The minimum atomic E-state index is 0.193. The van der Waals surface area contributed by atoms with Gasteiger partial charge in [-0.2, -0.15) is 0 Å². The average molecular weight is 534 g/mol. The van der Waals surface area contributed by atoms with Gasteiger partial charge in [-0.15, -0.1) is 0 Å². The van der Waals surface area contributed by atoms with E-state index in [9.17, 15) is 4.79 Å². The minimum Gasteiger partial charge on any atom is -0.371 e. The lowest BCUT2D eigenvalue weighted by molar-refractivity contribution is -0.106. The van der Waals surface area contributed by atoms with Crippen LogP contribution in [0.5, 0.6) is 0 Å². The van der Waals surface area contributed by atoms with Crippen molar-refractivity contribution in [3.63, 3.8) is 0 Å². The highest BCUT2D eigenvalue weighted by Gasteiger charge is 2.39. The van der Waals surface area contributed by atoms with Crippen molar-refractivity contribution >= 4 is 28.7 Å². The summed E-state index contributed by atoms with van der Waals surface area (Å²) < 4.78 is 2.14. The molecule has 4 heteroatoms. The van der Waals surface area contributed by atoms with Crippen molar-refractivity contribution in [1.29, 1.82) is 0 Å². The van der Waals surface area contributed by atoms with Crippen molar-refractivity contribution in [1.82, 2.24) is 9.47 Å². The molecule has 2 unspecified atom stereocenters. The van der Waals surface area contributed by atoms with Crippen LogP contribution in [0.25, 0.3) is 22.0 Å². The number of carbonyl (C=O) groups excluding carboxylic acids is 1. The molecule has 0 spiro atoms. The first-order chi connectivity index (χ1) is 19.1. The van der Waals surface area contributed by atoms with E-state index in [1.54, 1.807) is 0 Å². The highest BCUT2D eigenvalue weighted by Crippen LogP contribution is 2.45. The molecule has 2 atom stereocenters. The van der Waals surface area contributed by atoms with Gasteiger partial charge in [0.25, 0.3) is 0 Å². The summed E-state index contributed by atoms with van der Waals surface area (Å²) in [4.78, 5) is 17.1. The van der Waals surface area contributed by atoms with Crippen molar-refractivity contribution in [3.05, 3.63) is 96.8 Å². The Labute approximate surface area is 239 Å². The third-order valence-electron chi connectivity index (χ3n) is 8.32.